The second-order valence-corrected chi connectivity index (χ2v) is 10.6. The van der Waals surface area contributed by atoms with Gasteiger partial charge in [0.05, 0.1) is 0 Å². The molecule has 0 N–H and O–H groups in total. The first-order valence-corrected chi connectivity index (χ1v) is 11.8. The van der Waals surface area contributed by atoms with Crippen LogP contribution < -0.4 is 10.4 Å². The molecule has 0 saturated carbocycles. The van der Waals surface area contributed by atoms with E-state index in [9.17, 15) is 0 Å². The predicted molar refractivity (Wildman–Crippen MR) is 81.1 cm³/mol. The third kappa shape index (κ3) is 5.69. The molecule has 3 heteroatoms. The average Bonchev–Trinajstić information content (AvgIpc) is 2.92. The summed E-state index contributed by atoms with van der Waals surface area (Å²) in [5.74, 6) is 0. The van der Waals surface area contributed by atoms with Crippen molar-refractivity contribution in [1.82, 2.24) is 0 Å². The summed E-state index contributed by atoms with van der Waals surface area (Å²) in [6, 6.07) is 16.9. The van der Waals surface area contributed by atoms with Crippen LogP contribution in [0.4, 0.5) is 0 Å². The van der Waals surface area contributed by atoms with E-state index in [1.165, 1.54) is 0 Å². The van der Waals surface area contributed by atoms with Crippen molar-refractivity contribution in [3.05, 3.63) is 48.5 Å². The standard InChI is InChI=1S/C9H17Si2.C5H5.Fe/c1-10(2)8-6-5-7-9(8)11(3)4;1-2-4-5-3-1;/h5-7,10-11H,1-4H3;1-5H;/q-1;-5;. The summed E-state index contributed by atoms with van der Waals surface area (Å²) < 4.78 is 0. The van der Waals surface area contributed by atoms with Crippen LogP contribution in [0.3, 0.4) is 0 Å². The van der Waals surface area contributed by atoms with Crippen molar-refractivity contribution in [2.45, 2.75) is 26.2 Å². The zero-order valence-corrected chi connectivity index (χ0v) is 14.5. The molecule has 0 aromatic heterocycles. The normalized spacial score (nSPS) is 9.76. The van der Waals surface area contributed by atoms with Gasteiger partial charge in [-0.25, -0.2) is 12.1 Å². The average molecular weight is 302 g/mol. The Bertz CT molecular complexity index is 335. The van der Waals surface area contributed by atoms with Crippen LogP contribution in [-0.4, -0.2) is 17.6 Å². The quantitative estimate of drug-likeness (QED) is 0.589. The van der Waals surface area contributed by atoms with E-state index in [2.05, 4.69) is 44.4 Å². The van der Waals surface area contributed by atoms with Gasteiger partial charge >= 0.3 is 0 Å². The predicted octanol–water partition coefficient (Wildman–Crippen LogP) is 2.20. The molecule has 0 fully saturated rings. The number of hydrogen-bond acceptors (Lipinski definition) is 0. The van der Waals surface area contributed by atoms with Crippen molar-refractivity contribution >= 4 is 28.0 Å². The van der Waals surface area contributed by atoms with Gasteiger partial charge in [-0.3, -0.25) is 0 Å². The molecule has 2 aromatic carbocycles. The van der Waals surface area contributed by atoms with Crippen LogP contribution in [0.5, 0.6) is 0 Å². The fourth-order valence-electron chi connectivity index (χ4n) is 1.82. The maximum absolute atomic E-state index is 2.41. The molecular formula is C14H22FeSi2-6. The first kappa shape index (κ1) is 16.7. The van der Waals surface area contributed by atoms with Gasteiger partial charge in [-0.15, -0.1) is 0 Å². The molecule has 17 heavy (non-hydrogen) atoms. The molecule has 2 rings (SSSR count). The number of rotatable bonds is 2. The van der Waals surface area contributed by atoms with Gasteiger partial charge in [-0.05, 0) is 0 Å². The summed E-state index contributed by atoms with van der Waals surface area (Å²) >= 11 is 0. The molecule has 0 heterocycles. The Morgan fingerprint density at radius 2 is 1.41 bits per heavy atom. The Labute approximate surface area is 119 Å². The van der Waals surface area contributed by atoms with Crippen molar-refractivity contribution in [3.63, 3.8) is 0 Å². The minimum Gasteiger partial charge on any atom is -0.748 e. The Morgan fingerprint density at radius 3 is 1.71 bits per heavy atom. The summed E-state index contributed by atoms with van der Waals surface area (Å²) in [6.45, 7) is 9.65. The minimum atomic E-state index is -0.541. The Balaban J connectivity index is 0.000000360. The van der Waals surface area contributed by atoms with Gasteiger partial charge < -0.3 is 30.3 Å². The maximum atomic E-state index is 2.41. The third-order valence-corrected chi connectivity index (χ3v) is 6.56. The zero-order valence-electron chi connectivity index (χ0n) is 11.1. The Kier molecular flexibility index (Phi) is 8.52. The monoisotopic (exact) mass is 302 g/mol. The summed E-state index contributed by atoms with van der Waals surface area (Å²) in [5.41, 5.74) is 0. The van der Waals surface area contributed by atoms with Gasteiger partial charge in [0.2, 0.25) is 0 Å². The molecule has 0 aliphatic rings. The smallest absolute Gasteiger partial charge is 0.0368 e. The molecule has 0 aliphatic carbocycles. The van der Waals surface area contributed by atoms with E-state index in [1.807, 2.05) is 30.3 Å². The second-order valence-electron chi connectivity index (χ2n) is 4.71. The second kappa shape index (κ2) is 8.70. The molecule has 0 atom stereocenters. The molecule has 0 amide bonds. The van der Waals surface area contributed by atoms with Crippen LogP contribution in [0.15, 0.2) is 48.5 Å². The molecule has 0 unspecified atom stereocenters. The Morgan fingerprint density at radius 1 is 0.941 bits per heavy atom. The first-order chi connectivity index (χ1) is 7.63. The summed E-state index contributed by atoms with van der Waals surface area (Å²) in [6.07, 6.45) is 0. The molecule has 0 saturated heterocycles. The summed E-state index contributed by atoms with van der Waals surface area (Å²) in [5, 5.41) is 3.43. The van der Waals surface area contributed by atoms with E-state index in [0.29, 0.717) is 0 Å². The molecule has 0 radical (unpaired) electrons. The largest absolute Gasteiger partial charge is 0.748 e. The third-order valence-electron chi connectivity index (χ3n) is 2.68. The van der Waals surface area contributed by atoms with Crippen molar-refractivity contribution in [1.29, 1.82) is 0 Å². The van der Waals surface area contributed by atoms with Crippen LogP contribution in [0.1, 0.15) is 0 Å². The van der Waals surface area contributed by atoms with E-state index < -0.39 is 17.6 Å². The van der Waals surface area contributed by atoms with Crippen molar-refractivity contribution in [2.75, 3.05) is 0 Å². The molecule has 0 nitrogen and oxygen atoms in total. The number of hydrogen-bond donors (Lipinski definition) is 0. The van der Waals surface area contributed by atoms with Crippen molar-refractivity contribution in [2.24, 2.45) is 0 Å². The van der Waals surface area contributed by atoms with E-state index in [1.54, 1.807) is 10.4 Å². The van der Waals surface area contributed by atoms with Gasteiger partial charge in [0.1, 0.15) is 0 Å². The zero-order chi connectivity index (χ0) is 12.0. The molecule has 100 valence electrons. The van der Waals surface area contributed by atoms with E-state index in [0.717, 1.165) is 0 Å². The van der Waals surface area contributed by atoms with Gasteiger partial charge in [0.15, 0.2) is 0 Å². The molecule has 0 spiro atoms. The fraction of sp³-hybridized carbons (Fsp3) is 0.286. The van der Waals surface area contributed by atoms with Gasteiger partial charge in [-0.2, -0.15) is 16.4 Å². The van der Waals surface area contributed by atoms with E-state index in [4.69, 9.17) is 0 Å². The summed E-state index contributed by atoms with van der Waals surface area (Å²) in [7, 11) is -1.08. The van der Waals surface area contributed by atoms with Crippen LogP contribution in [0, 0.1) is 0 Å². The molecule has 2 aromatic rings. The maximum Gasteiger partial charge on any atom is 0.0368 e. The molecule has 0 aliphatic heterocycles. The van der Waals surface area contributed by atoms with Crippen LogP contribution in [0.2, 0.25) is 26.2 Å². The van der Waals surface area contributed by atoms with Crippen LogP contribution in [0.25, 0.3) is 0 Å². The topological polar surface area (TPSA) is 0 Å². The molecule has 0 bridgehead atoms. The van der Waals surface area contributed by atoms with E-state index in [-0.39, 0.29) is 17.1 Å². The Hall–Kier alpha value is -0.347. The van der Waals surface area contributed by atoms with Crippen LogP contribution in [-0.2, 0) is 17.1 Å². The summed E-state index contributed by atoms with van der Waals surface area (Å²) in [4.78, 5) is 0. The minimum absolute atomic E-state index is 0. The fourth-order valence-corrected chi connectivity index (χ4v) is 6.34. The molecular weight excluding hydrogens is 280 g/mol. The SMILES string of the molecule is C[SiH](C)c1ccc[c-]1[SiH](C)C.[Fe].[cH-]1[cH-][cH-][cH-][cH-]1. The van der Waals surface area contributed by atoms with Crippen LogP contribution >= 0.6 is 0 Å². The van der Waals surface area contributed by atoms with Crippen molar-refractivity contribution < 1.29 is 17.1 Å². The van der Waals surface area contributed by atoms with Gasteiger partial charge in [-0.1, -0.05) is 26.2 Å². The first-order valence-electron chi connectivity index (χ1n) is 6.05. The van der Waals surface area contributed by atoms with Gasteiger partial charge in [0.25, 0.3) is 0 Å². The van der Waals surface area contributed by atoms with Gasteiger partial charge in [0, 0.05) is 34.7 Å². The van der Waals surface area contributed by atoms with E-state index >= 15 is 0 Å². The van der Waals surface area contributed by atoms with Crippen molar-refractivity contribution in [3.8, 4) is 0 Å².